The van der Waals surface area contributed by atoms with E-state index in [9.17, 15) is 0 Å². The Kier molecular flexibility index (Phi) is 10.6. The summed E-state index contributed by atoms with van der Waals surface area (Å²) in [6, 6.07) is 93.4. The molecule has 0 unspecified atom stereocenters. The molecule has 10 nitrogen and oxygen atoms in total. The molecule has 15 rings (SSSR count). The van der Waals surface area contributed by atoms with Crippen molar-refractivity contribution in [2.24, 2.45) is 0 Å². The van der Waals surface area contributed by atoms with Crippen LogP contribution in [-0.4, -0.2) is 56.5 Å². The van der Waals surface area contributed by atoms with Gasteiger partial charge < -0.3 is 0 Å². The fraction of sp³-hybridized carbons (Fsp3) is 0. The van der Waals surface area contributed by atoms with E-state index in [2.05, 4.69) is 177 Å². The fourth-order valence-electron chi connectivity index (χ4n) is 11.6. The molecule has 0 aliphatic heterocycles. The van der Waals surface area contributed by atoms with Crippen molar-refractivity contribution in [3.63, 3.8) is 0 Å². The van der Waals surface area contributed by atoms with Crippen LogP contribution in [0.1, 0.15) is 0 Å². The summed E-state index contributed by atoms with van der Waals surface area (Å²) in [5.41, 5.74) is 9.31. The van der Waals surface area contributed by atoms with E-state index in [1.165, 1.54) is 20.7 Å². The number of rotatable bonds is 10. The maximum atomic E-state index is 5.48. The lowest BCUT2D eigenvalue weighted by molar-refractivity contribution is 0.937. The molecule has 0 N–H and O–H groups in total. The predicted octanol–water partition coefficient (Wildman–Crippen LogP) is 11.9. The van der Waals surface area contributed by atoms with Crippen molar-refractivity contribution in [1.82, 2.24) is 48.4 Å². The van der Waals surface area contributed by atoms with E-state index in [1.807, 2.05) is 103 Å². The van der Waals surface area contributed by atoms with Gasteiger partial charge >= 0.3 is 0 Å². The molecule has 0 spiro atoms. The van der Waals surface area contributed by atoms with E-state index < -0.39 is 8.07 Å². The highest BCUT2D eigenvalue weighted by molar-refractivity contribution is 7.21. The number of hydrogen-bond donors (Lipinski definition) is 0. The number of imidazole rings is 2. The van der Waals surface area contributed by atoms with E-state index >= 15 is 0 Å². The third-order valence-corrected chi connectivity index (χ3v) is 19.8. The van der Waals surface area contributed by atoms with Crippen molar-refractivity contribution >= 4 is 78.5 Å². The SMILES string of the molecule is c1ccc(-c2nc(-c3ccccc3)nc(-n3c4ccccc4c4c([Si](c5ccccc5)(c5ccccc5)c5cccc6c5n5c7ccccc7nc5n6-c5nc(-c6ccccc6)nc(-c6ccccc6)n5)cccc43)n2)cc1. The monoisotopic (exact) mass is 1020 g/mol. The van der Waals surface area contributed by atoms with E-state index in [-0.39, 0.29) is 0 Å². The zero-order valence-electron chi connectivity index (χ0n) is 41.9. The van der Waals surface area contributed by atoms with E-state index in [1.54, 1.807) is 0 Å². The van der Waals surface area contributed by atoms with Crippen molar-refractivity contribution in [3.8, 4) is 57.4 Å². The van der Waals surface area contributed by atoms with Gasteiger partial charge in [-0.15, -0.1) is 0 Å². The molecule has 0 aliphatic rings. The highest BCUT2D eigenvalue weighted by atomic mass is 28.3. The topological polar surface area (TPSA) is 105 Å². The normalized spacial score (nSPS) is 11.8. The summed E-state index contributed by atoms with van der Waals surface area (Å²) in [5, 5.41) is 7.03. The lowest BCUT2D eigenvalue weighted by Crippen LogP contribution is -2.75. The Labute approximate surface area is 449 Å². The minimum atomic E-state index is -3.54. The first-order chi connectivity index (χ1) is 38.7. The van der Waals surface area contributed by atoms with Crippen molar-refractivity contribution in [1.29, 1.82) is 0 Å². The summed E-state index contributed by atoms with van der Waals surface area (Å²) in [6.07, 6.45) is 0. The van der Waals surface area contributed by atoms with Crippen molar-refractivity contribution in [2.45, 2.75) is 0 Å². The van der Waals surface area contributed by atoms with Gasteiger partial charge in [0.1, 0.15) is 0 Å². The van der Waals surface area contributed by atoms with Crippen LogP contribution in [0.2, 0.25) is 0 Å². The van der Waals surface area contributed by atoms with E-state index in [4.69, 9.17) is 34.9 Å². The number of para-hydroxylation sites is 4. The van der Waals surface area contributed by atoms with Crippen LogP contribution < -0.4 is 20.7 Å². The zero-order valence-corrected chi connectivity index (χ0v) is 42.9. The summed E-state index contributed by atoms with van der Waals surface area (Å²) >= 11 is 0. The molecule has 0 bridgehead atoms. The minimum Gasteiger partial charge on any atom is -0.278 e. The van der Waals surface area contributed by atoms with Gasteiger partial charge in [-0.2, -0.15) is 19.9 Å². The lowest BCUT2D eigenvalue weighted by Gasteiger charge is -2.35. The van der Waals surface area contributed by atoms with Crippen molar-refractivity contribution < 1.29 is 0 Å². The molecule has 11 heteroatoms. The van der Waals surface area contributed by atoms with E-state index in [0.29, 0.717) is 41.0 Å². The summed E-state index contributed by atoms with van der Waals surface area (Å²) < 4.78 is 6.71. The standard InChI is InChI=1S/C67H44N10Si/c1-7-25-45(26-8-1)61-69-62(46-27-9-2-10-28-46)72-65(71-61)75-53-39-21-19-37-51(53)59-55(75)41-23-43-57(59)78(49-33-15-5-16-34-49,50-35-17-6-18-36-50)58-44-24-42-56-60(58)76-54-40-22-20-38-52(54)68-67(76)77(56)66-73-63(47-29-11-3-12-30-47)70-64(74-66)48-31-13-4-14-32-48/h1-44H. The fourth-order valence-corrected chi connectivity index (χ4v) is 16.8. The average molecular weight is 1020 g/mol. The predicted molar refractivity (Wildman–Crippen MR) is 316 cm³/mol. The zero-order chi connectivity index (χ0) is 51.6. The summed E-state index contributed by atoms with van der Waals surface area (Å²) in [4.78, 5) is 37.1. The third kappa shape index (κ3) is 7.13. The van der Waals surface area contributed by atoms with Gasteiger partial charge in [-0.25, -0.2) is 19.5 Å². The Morgan fingerprint density at radius 1 is 0.282 bits per heavy atom. The molecule has 0 radical (unpaired) electrons. The summed E-state index contributed by atoms with van der Waals surface area (Å²) in [6.45, 7) is 0. The molecule has 0 fully saturated rings. The van der Waals surface area contributed by atoms with Crippen molar-refractivity contribution in [3.05, 3.63) is 267 Å². The Balaban J connectivity index is 1.08. The molecule has 0 saturated carbocycles. The Morgan fingerprint density at radius 2 is 0.679 bits per heavy atom. The molecule has 0 saturated heterocycles. The molecule has 10 aromatic carbocycles. The maximum Gasteiger partial charge on any atom is 0.241 e. The molecule has 0 atom stereocenters. The highest BCUT2D eigenvalue weighted by Gasteiger charge is 2.45. The van der Waals surface area contributed by atoms with Gasteiger partial charge in [-0.3, -0.25) is 8.97 Å². The van der Waals surface area contributed by atoms with Gasteiger partial charge in [-0.05, 0) is 51.1 Å². The molecular weight excluding hydrogens is 973 g/mol. The van der Waals surface area contributed by atoms with Crippen LogP contribution in [0.5, 0.6) is 0 Å². The van der Waals surface area contributed by atoms with Crippen LogP contribution in [0.4, 0.5) is 0 Å². The first-order valence-corrected chi connectivity index (χ1v) is 28.0. The number of aromatic nitrogens is 10. The largest absolute Gasteiger partial charge is 0.278 e. The third-order valence-electron chi connectivity index (χ3n) is 14.9. The molecule has 366 valence electrons. The van der Waals surface area contributed by atoms with Crippen LogP contribution in [0.15, 0.2) is 267 Å². The molecule has 15 aromatic rings. The summed E-state index contributed by atoms with van der Waals surface area (Å²) in [5.74, 6) is 4.02. The van der Waals surface area contributed by atoms with Crippen LogP contribution in [0.25, 0.3) is 107 Å². The molecule has 5 heterocycles. The molecular formula is C67H44N10Si. The minimum absolute atomic E-state index is 0.467. The van der Waals surface area contributed by atoms with Crippen LogP contribution >= 0.6 is 0 Å². The van der Waals surface area contributed by atoms with Gasteiger partial charge in [0.05, 0.1) is 33.1 Å². The first-order valence-electron chi connectivity index (χ1n) is 26.0. The average Bonchev–Trinajstić information content (AvgIpc) is 4.25. The molecule has 0 amide bonds. The van der Waals surface area contributed by atoms with Crippen LogP contribution in [0, 0.1) is 0 Å². The second-order valence-corrected chi connectivity index (χ2v) is 23.0. The number of benzene rings is 10. The second-order valence-electron chi connectivity index (χ2n) is 19.3. The highest BCUT2D eigenvalue weighted by Crippen LogP contribution is 2.35. The van der Waals surface area contributed by atoms with Crippen LogP contribution in [-0.2, 0) is 0 Å². The van der Waals surface area contributed by atoms with Gasteiger partial charge in [-0.1, -0.05) is 237 Å². The summed E-state index contributed by atoms with van der Waals surface area (Å²) in [7, 11) is -3.54. The smallest absolute Gasteiger partial charge is 0.241 e. The Morgan fingerprint density at radius 3 is 1.19 bits per heavy atom. The van der Waals surface area contributed by atoms with Gasteiger partial charge in [0.25, 0.3) is 0 Å². The first kappa shape index (κ1) is 44.9. The molecule has 0 aliphatic carbocycles. The Hall–Kier alpha value is -10.5. The van der Waals surface area contributed by atoms with Gasteiger partial charge in [0.15, 0.2) is 31.4 Å². The van der Waals surface area contributed by atoms with Gasteiger partial charge in [0, 0.05) is 33.0 Å². The number of nitrogens with zero attached hydrogens (tertiary/aromatic N) is 10. The van der Waals surface area contributed by atoms with E-state index in [0.717, 1.165) is 66.1 Å². The second kappa shape index (κ2) is 18.4. The Bertz CT molecular complexity index is 4560. The lowest BCUT2D eigenvalue weighted by atomic mass is 10.1. The molecule has 5 aromatic heterocycles. The van der Waals surface area contributed by atoms with Crippen molar-refractivity contribution in [2.75, 3.05) is 0 Å². The number of hydrogen-bond acceptors (Lipinski definition) is 7. The maximum absolute atomic E-state index is 5.48. The molecule has 78 heavy (non-hydrogen) atoms. The number of fused-ring (bicyclic) bond motifs is 8. The van der Waals surface area contributed by atoms with Crippen LogP contribution in [0.3, 0.4) is 0 Å². The quantitative estimate of drug-likeness (QED) is 0.0992. The van der Waals surface area contributed by atoms with Gasteiger partial charge in [0.2, 0.25) is 17.7 Å².